The van der Waals surface area contributed by atoms with Gasteiger partial charge in [-0.1, -0.05) is 0 Å². The summed E-state index contributed by atoms with van der Waals surface area (Å²) >= 11 is 0. The highest BCUT2D eigenvalue weighted by molar-refractivity contribution is 6.00. The van der Waals surface area contributed by atoms with Gasteiger partial charge in [0.25, 0.3) is 5.91 Å². The molecule has 3 N–H and O–H groups in total. The number of benzene rings is 1. The van der Waals surface area contributed by atoms with E-state index in [4.69, 9.17) is 9.47 Å². The number of anilines is 3. The lowest BCUT2D eigenvalue weighted by molar-refractivity contribution is -0.000551. The number of fused-ring (bicyclic) bond motifs is 2. The smallest absolute Gasteiger partial charge is 0.257 e. The molecule has 1 saturated heterocycles. The first kappa shape index (κ1) is 24.0. The Labute approximate surface area is 216 Å². The molecule has 10 nitrogen and oxygen atoms in total. The zero-order chi connectivity index (χ0) is 26.4. The second-order valence-corrected chi connectivity index (χ2v) is 9.29. The number of hydrogen-bond acceptors (Lipinski definition) is 8. The molecule has 1 amide bonds. The number of rotatable bonds is 7. The highest BCUT2D eigenvalue weighted by Crippen LogP contribution is 2.39. The second kappa shape index (κ2) is 9.53. The van der Waals surface area contributed by atoms with Gasteiger partial charge in [-0.15, -0.1) is 0 Å². The minimum Gasteiger partial charge on any atom is -0.494 e. The number of nitrogens with one attached hydrogen (secondary N) is 3. The molecule has 1 aliphatic heterocycles. The molecule has 2 fully saturated rings. The van der Waals surface area contributed by atoms with Crippen LogP contribution in [0.15, 0.2) is 42.7 Å². The van der Waals surface area contributed by atoms with Gasteiger partial charge in [-0.3, -0.25) is 9.78 Å². The van der Waals surface area contributed by atoms with Crippen LogP contribution in [0, 0.1) is 17.6 Å². The zero-order valence-corrected chi connectivity index (χ0v) is 20.7. The molecule has 2 aliphatic rings. The highest BCUT2D eigenvalue weighted by Gasteiger charge is 2.46. The number of pyridine rings is 1. The van der Waals surface area contributed by atoms with E-state index in [-0.39, 0.29) is 23.7 Å². The van der Waals surface area contributed by atoms with E-state index in [2.05, 4.69) is 31.0 Å². The van der Waals surface area contributed by atoms with Crippen LogP contribution in [0.1, 0.15) is 23.2 Å². The molecule has 4 heterocycles. The first-order valence-electron chi connectivity index (χ1n) is 12.2. The molecule has 4 aromatic rings. The lowest BCUT2D eigenvalue weighted by Crippen LogP contribution is -2.54. The number of ether oxygens (including phenoxy) is 2. The van der Waals surface area contributed by atoms with Crippen molar-refractivity contribution in [3.8, 4) is 17.0 Å². The minimum absolute atomic E-state index is 0.0370. The van der Waals surface area contributed by atoms with Gasteiger partial charge < -0.3 is 25.4 Å². The predicted molar refractivity (Wildman–Crippen MR) is 136 cm³/mol. The summed E-state index contributed by atoms with van der Waals surface area (Å²) in [6, 6.07) is 6.84. The van der Waals surface area contributed by atoms with Crippen LogP contribution in [-0.2, 0) is 4.74 Å². The Morgan fingerprint density at radius 1 is 1.18 bits per heavy atom. The van der Waals surface area contributed by atoms with Crippen molar-refractivity contribution in [1.82, 2.24) is 24.9 Å². The van der Waals surface area contributed by atoms with Crippen LogP contribution in [0.4, 0.5) is 26.1 Å². The topological polar surface area (TPSA) is 115 Å². The maximum Gasteiger partial charge on any atom is 0.257 e. The minimum atomic E-state index is -0.554. The van der Waals surface area contributed by atoms with Crippen LogP contribution in [0.2, 0.25) is 0 Å². The van der Waals surface area contributed by atoms with E-state index in [0.717, 1.165) is 25.6 Å². The molecule has 3 atom stereocenters. The molecule has 12 heteroatoms. The Balaban J connectivity index is 1.34. The van der Waals surface area contributed by atoms with E-state index >= 15 is 0 Å². The summed E-state index contributed by atoms with van der Waals surface area (Å²) in [5, 5.41) is 13.5. The van der Waals surface area contributed by atoms with Gasteiger partial charge in [0.2, 0.25) is 0 Å². The third kappa shape index (κ3) is 4.16. The van der Waals surface area contributed by atoms with Crippen LogP contribution in [0.3, 0.4) is 0 Å². The van der Waals surface area contributed by atoms with E-state index in [1.54, 1.807) is 13.1 Å². The standard InChI is InChI=1S/C26H25F2N7O3/c1-29-22-10-21(32-20-9-15(28)8-16(24(20)37-2)18-4-3-14(27)11-30-18)34-25-17(12-31-35(22)25)26(36)33-19-7-13-5-6-38-23(13)19/h3-4,8-13,19,23,29H,5-7H2,1-2H3,(H,32,34)(H,33,36)/t13?,19-,23?/m1/s1. The zero-order valence-electron chi connectivity index (χ0n) is 20.7. The number of carbonyl (C=O) groups excluding carboxylic acids is 1. The first-order valence-corrected chi connectivity index (χ1v) is 12.2. The van der Waals surface area contributed by atoms with Gasteiger partial charge in [-0.05, 0) is 37.0 Å². The Bertz CT molecular complexity index is 1530. The largest absolute Gasteiger partial charge is 0.494 e. The summed E-state index contributed by atoms with van der Waals surface area (Å²) < 4.78 is 40.9. The van der Waals surface area contributed by atoms with Crippen molar-refractivity contribution in [3.05, 3.63) is 59.9 Å². The summed E-state index contributed by atoms with van der Waals surface area (Å²) in [5.74, 6) is 0.316. The SMILES string of the molecule is CNc1cc(Nc2cc(F)cc(-c3ccc(F)cn3)c2OC)nc2c(C(=O)N[C@@H]3CC4CCOC43)cnn12. The number of halogens is 2. The van der Waals surface area contributed by atoms with Crippen molar-refractivity contribution in [2.45, 2.75) is 25.0 Å². The number of aromatic nitrogens is 4. The van der Waals surface area contributed by atoms with Crippen molar-refractivity contribution in [2.75, 3.05) is 31.4 Å². The van der Waals surface area contributed by atoms with E-state index < -0.39 is 11.6 Å². The molecule has 2 unspecified atom stereocenters. The molecule has 1 aliphatic carbocycles. The van der Waals surface area contributed by atoms with E-state index in [9.17, 15) is 13.6 Å². The Morgan fingerprint density at radius 3 is 2.79 bits per heavy atom. The third-order valence-corrected chi connectivity index (χ3v) is 7.03. The van der Waals surface area contributed by atoms with Crippen molar-refractivity contribution in [1.29, 1.82) is 0 Å². The van der Waals surface area contributed by atoms with Crippen molar-refractivity contribution in [3.63, 3.8) is 0 Å². The number of hydrogen-bond donors (Lipinski definition) is 3. The van der Waals surface area contributed by atoms with Crippen LogP contribution in [0.5, 0.6) is 5.75 Å². The van der Waals surface area contributed by atoms with Gasteiger partial charge in [-0.25, -0.2) is 13.8 Å². The normalized spacial score (nSPS) is 20.1. The molecular formula is C26H25F2N7O3. The molecule has 38 heavy (non-hydrogen) atoms. The molecular weight excluding hydrogens is 496 g/mol. The van der Waals surface area contributed by atoms with Crippen LogP contribution in [-0.4, -0.2) is 58.4 Å². The molecule has 0 radical (unpaired) electrons. The Hall–Kier alpha value is -4.32. The summed E-state index contributed by atoms with van der Waals surface area (Å²) in [6.07, 6.45) is 4.50. The molecule has 6 rings (SSSR count). The maximum atomic E-state index is 14.7. The molecule has 1 saturated carbocycles. The van der Waals surface area contributed by atoms with Gasteiger partial charge in [-0.2, -0.15) is 9.61 Å². The predicted octanol–water partition coefficient (Wildman–Crippen LogP) is 3.77. The molecule has 1 aromatic carbocycles. The van der Waals surface area contributed by atoms with Gasteiger partial charge in [0.15, 0.2) is 11.4 Å². The van der Waals surface area contributed by atoms with Gasteiger partial charge in [0.1, 0.15) is 28.8 Å². The summed E-state index contributed by atoms with van der Waals surface area (Å²) in [5.41, 5.74) is 1.56. The first-order chi connectivity index (χ1) is 18.4. The molecule has 3 aromatic heterocycles. The fourth-order valence-electron chi connectivity index (χ4n) is 5.14. The number of carbonyl (C=O) groups is 1. The maximum absolute atomic E-state index is 14.7. The van der Waals surface area contributed by atoms with E-state index in [0.29, 0.717) is 45.8 Å². The van der Waals surface area contributed by atoms with Crippen molar-refractivity contribution < 1.29 is 23.0 Å². The number of methoxy groups -OCH3 is 1. The molecule has 0 bridgehead atoms. The average Bonchev–Trinajstić information content (AvgIpc) is 3.50. The summed E-state index contributed by atoms with van der Waals surface area (Å²) in [4.78, 5) is 21.8. The molecule has 196 valence electrons. The number of amides is 1. The van der Waals surface area contributed by atoms with Crippen LogP contribution >= 0.6 is 0 Å². The number of nitrogens with zero attached hydrogens (tertiary/aromatic N) is 4. The molecule has 0 spiro atoms. The Kier molecular flexibility index (Phi) is 6.03. The van der Waals surface area contributed by atoms with Gasteiger partial charge in [0.05, 0.1) is 43.0 Å². The average molecular weight is 522 g/mol. The van der Waals surface area contributed by atoms with Crippen LogP contribution in [0.25, 0.3) is 16.9 Å². The fourth-order valence-corrected chi connectivity index (χ4v) is 5.14. The second-order valence-electron chi connectivity index (χ2n) is 9.29. The fraction of sp³-hybridized carbons (Fsp3) is 0.308. The Morgan fingerprint density at radius 2 is 2.05 bits per heavy atom. The van der Waals surface area contributed by atoms with Gasteiger partial charge in [0, 0.05) is 31.4 Å². The van der Waals surface area contributed by atoms with E-state index in [1.807, 2.05) is 0 Å². The summed E-state index contributed by atoms with van der Waals surface area (Å²) in [7, 11) is 3.16. The lowest BCUT2D eigenvalue weighted by Gasteiger charge is -2.39. The summed E-state index contributed by atoms with van der Waals surface area (Å²) in [6.45, 7) is 0.725. The van der Waals surface area contributed by atoms with Gasteiger partial charge >= 0.3 is 0 Å². The van der Waals surface area contributed by atoms with Crippen LogP contribution < -0.4 is 20.7 Å². The quantitative estimate of drug-likeness (QED) is 0.337. The van der Waals surface area contributed by atoms with E-state index in [1.165, 1.54) is 42.1 Å². The van der Waals surface area contributed by atoms with Crippen molar-refractivity contribution >= 4 is 28.9 Å². The monoisotopic (exact) mass is 521 g/mol. The lowest BCUT2D eigenvalue weighted by atomic mass is 9.77. The van der Waals surface area contributed by atoms with Crippen molar-refractivity contribution in [2.24, 2.45) is 5.92 Å². The highest BCUT2D eigenvalue weighted by atomic mass is 19.1. The third-order valence-electron chi connectivity index (χ3n) is 7.03.